The highest BCUT2D eigenvalue weighted by Crippen LogP contribution is 2.36. The molecule has 0 aliphatic carbocycles. The normalized spacial score (nSPS) is 17.9. The van der Waals surface area contributed by atoms with Gasteiger partial charge in [0.15, 0.2) is 0 Å². The molecule has 5 rings (SSSR count). The Labute approximate surface area is 218 Å². The maximum atomic E-state index is 13.3. The van der Waals surface area contributed by atoms with Gasteiger partial charge in [-0.1, -0.05) is 6.07 Å². The highest BCUT2D eigenvalue weighted by molar-refractivity contribution is 7.89. The van der Waals surface area contributed by atoms with E-state index < -0.39 is 14.9 Å². The van der Waals surface area contributed by atoms with Gasteiger partial charge >= 0.3 is 0 Å². The third-order valence-electron chi connectivity index (χ3n) is 7.31. The number of carbonyl (C=O) groups excluding carboxylic acids is 1. The van der Waals surface area contributed by atoms with Crippen LogP contribution in [0.5, 0.6) is 0 Å². The number of aryl methyl sites for hydroxylation is 2. The molecule has 4 heterocycles. The molecule has 0 N–H and O–H groups in total. The van der Waals surface area contributed by atoms with Gasteiger partial charge in [-0.2, -0.15) is 4.31 Å². The van der Waals surface area contributed by atoms with Crippen molar-refractivity contribution in [3.63, 3.8) is 0 Å². The predicted octanol–water partition coefficient (Wildman–Crippen LogP) is 2.97. The Bertz CT molecular complexity index is 1460. The zero-order chi connectivity index (χ0) is 26.3. The van der Waals surface area contributed by atoms with E-state index in [4.69, 9.17) is 0 Å². The summed E-state index contributed by atoms with van der Waals surface area (Å²) in [7, 11) is -3.88. The molecule has 0 bridgehead atoms. The van der Waals surface area contributed by atoms with Crippen LogP contribution in [0.4, 0.5) is 11.5 Å². The number of non-ortho nitro benzene ring substituents is 1. The number of thiophene rings is 1. The van der Waals surface area contributed by atoms with Crippen molar-refractivity contribution in [1.29, 1.82) is 0 Å². The van der Waals surface area contributed by atoms with E-state index in [0.29, 0.717) is 25.9 Å². The largest absolute Gasteiger partial charge is 0.356 e. The van der Waals surface area contributed by atoms with Crippen LogP contribution in [-0.4, -0.2) is 77.7 Å². The lowest BCUT2D eigenvalue weighted by molar-refractivity contribution is -0.385. The molecule has 2 aliphatic heterocycles. The van der Waals surface area contributed by atoms with E-state index in [1.165, 1.54) is 32.9 Å². The van der Waals surface area contributed by atoms with Crippen molar-refractivity contribution < 1.29 is 18.1 Å². The molecule has 0 spiro atoms. The van der Waals surface area contributed by atoms with E-state index in [1.54, 1.807) is 22.6 Å². The standard InChI is InChI=1S/C24H28N6O5S2/c1-16-17(2)36-23-21(16)22(25-15-26-23)27-8-6-18(7-9-27)24(31)28-10-12-29(13-11-28)37(34,35)20-5-3-4-19(14-20)30(32)33/h3-5,14-15,18H,6-13H2,1-2H3. The average Bonchev–Trinajstić information content (AvgIpc) is 3.21. The third-order valence-corrected chi connectivity index (χ3v) is 10.3. The van der Waals surface area contributed by atoms with E-state index in [0.717, 1.165) is 35.2 Å². The minimum absolute atomic E-state index is 0.0578. The molecule has 13 heteroatoms. The molecule has 0 saturated carbocycles. The Kier molecular flexibility index (Phi) is 6.86. The van der Waals surface area contributed by atoms with Crippen molar-refractivity contribution in [2.45, 2.75) is 31.6 Å². The number of aromatic nitrogens is 2. The topological polar surface area (TPSA) is 130 Å². The second-order valence-corrected chi connectivity index (χ2v) is 12.5. The van der Waals surface area contributed by atoms with E-state index in [2.05, 4.69) is 28.7 Å². The van der Waals surface area contributed by atoms with Crippen molar-refractivity contribution in [3.8, 4) is 0 Å². The maximum absolute atomic E-state index is 13.3. The number of carbonyl (C=O) groups is 1. The van der Waals surface area contributed by atoms with Crippen LogP contribution in [0.2, 0.25) is 0 Å². The first-order valence-corrected chi connectivity index (χ1v) is 14.4. The number of anilines is 1. The fraction of sp³-hybridized carbons (Fsp3) is 0.458. The molecule has 37 heavy (non-hydrogen) atoms. The van der Waals surface area contributed by atoms with Gasteiger partial charge in [0.2, 0.25) is 15.9 Å². The number of piperidine rings is 1. The van der Waals surface area contributed by atoms with Gasteiger partial charge in [-0.05, 0) is 38.3 Å². The minimum Gasteiger partial charge on any atom is -0.356 e. The minimum atomic E-state index is -3.88. The second-order valence-electron chi connectivity index (χ2n) is 9.41. The lowest BCUT2D eigenvalue weighted by Gasteiger charge is -2.38. The van der Waals surface area contributed by atoms with Crippen LogP contribution in [0.15, 0.2) is 35.5 Å². The molecular formula is C24H28N6O5S2. The molecule has 0 unspecified atom stereocenters. The van der Waals surface area contributed by atoms with Crippen LogP contribution in [0.1, 0.15) is 23.3 Å². The molecule has 196 valence electrons. The van der Waals surface area contributed by atoms with Crippen LogP contribution in [0, 0.1) is 29.9 Å². The number of nitrogens with zero attached hydrogens (tertiary/aromatic N) is 6. The number of hydrogen-bond acceptors (Lipinski definition) is 9. The summed E-state index contributed by atoms with van der Waals surface area (Å²) in [6.45, 7) is 6.54. The summed E-state index contributed by atoms with van der Waals surface area (Å²) in [5, 5.41) is 12.1. The van der Waals surface area contributed by atoms with Crippen molar-refractivity contribution in [1.82, 2.24) is 19.2 Å². The Balaban J connectivity index is 1.20. The van der Waals surface area contributed by atoms with Crippen molar-refractivity contribution in [2.24, 2.45) is 5.92 Å². The summed E-state index contributed by atoms with van der Waals surface area (Å²) >= 11 is 1.67. The van der Waals surface area contributed by atoms with Gasteiger partial charge in [-0.15, -0.1) is 11.3 Å². The van der Waals surface area contributed by atoms with E-state index in [1.807, 2.05) is 0 Å². The fourth-order valence-corrected chi connectivity index (χ4v) is 7.51. The molecule has 3 aromatic rings. The number of sulfonamides is 1. The summed E-state index contributed by atoms with van der Waals surface area (Å²) in [5.41, 5.74) is 0.931. The van der Waals surface area contributed by atoms with Gasteiger partial charge in [0, 0.05) is 62.2 Å². The molecule has 1 aromatic carbocycles. The summed E-state index contributed by atoms with van der Waals surface area (Å²) < 4.78 is 27.3. The zero-order valence-corrected chi connectivity index (χ0v) is 22.3. The van der Waals surface area contributed by atoms with E-state index in [-0.39, 0.29) is 35.5 Å². The molecule has 0 atom stereocenters. The first-order chi connectivity index (χ1) is 17.7. The molecule has 2 aliphatic rings. The summed E-state index contributed by atoms with van der Waals surface area (Å²) in [6, 6.07) is 5.06. The Morgan fingerprint density at radius 2 is 1.78 bits per heavy atom. The lowest BCUT2D eigenvalue weighted by atomic mass is 9.94. The number of hydrogen-bond donors (Lipinski definition) is 0. The third kappa shape index (κ3) is 4.78. The fourth-order valence-electron chi connectivity index (χ4n) is 5.06. The molecule has 2 saturated heterocycles. The number of rotatable bonds is 5. The van der Waals surface area contributed by atoms with Gasteiger partial charge in [0.05, 0.1) is 15.2 Å². The first kappa shape index (κ1) is 25.5. The molecule has 1 amide bonds. The van der Waals surface area contributed by atoms with Gasteiger partial charge < -0.3 is 9.80 Å². The summed E-state index contributed by atoms with van der Waals surface area (Å²) in [6.07, 6.45) is 3.02. The molecule has 11 nitrogen and oxygen atoms in total. The maximum Gasteiger partial charge on any atom is 0.270 e. The van der Waals surface area contributed by atoms with Crippen LogP contribution in [0.3, 0.4) is 0 Å². The van der Waals surface area contributed by atoms with Crippen LogP contribution in [0.25, 0.3) is 10.2 Å². The average molecular weight is 545 g/mol. The number of amides is 1. The molecule has 2 aromatic heterocycles. The van der Waals surface area contributed by atoms with Gasteiger partial charge in [0.25, 0.3) is 5.69 Å². The van der Waals surface area contributed by atoms with E-state index in [9.17, 15) is 23.3 Å². The number of nitro groups is 1. The number of nitro benzene ring substituents is 1. The lowest BCUT2D eigenvalue weighted by Crippen LogP contribution is -2.52. The predicted molar refractivity (Wildman–Crippen MR) is 140 cm³/mol. The highest BCUT2D eigenvalue weighted by atomic mass is 32.2. The van der Waals surface area contributed by atoms with Crippen molar-refractivity contribution in [2.75, 3.05) is 44.2 Å². The van der Waals surface area contributed by atoms with Gasteiger partial charge in [-0.25, -0.2) is 18.4 Å². The summed E-state index contributed by atoms with van der Waals surface area (Å²) in [5.74, 6) is 0.874. The Hall–Kier alpha value is -3.16. The Morgan fingerprint density at radius 3 is 2.46 bits per heavy atom. The summed E-state index contributed by atoms with van der Waals surface area (Å²) in [4.78, 5) is 38.7. The first-order valence-electron chi connectivity index (χ1n) is 12.2. The number of benzene rings is 1. The zero-order valence-electron chi connectivity index (χ0n) is 20.7. The van der Waals surface area contributed by atoms with Crippen molar-refractivity contribution >= 4 is 49.0 Å². The molecule has 2 fully saturated rings. The number of fused-ring (bicyclic) bond motifs is 1. The monoisotopic (exact) mass is 544 g/mol. The van der Waals surface area contributed by atoms with Crippen LogP contribution in [-0.2, 0) is 14.8 Å². The van der Waals surface area contributed by atoms with E-state index >= 15 is 0 Å². The molecule has 0 radical (unpaired) electrons. The van der Waals surface area contributed by atoms with Crippen molar-refractivity contribution in [3.05, 3.63) is 51.1 Å². The van der Waals surface area contributed by atoms with Gasteiger partial charge in [0.1, 0.15) is 17.0 Å². The second kappa shape index (κ2) is 9.95. The van der Waals surface area contributed by atoms with Crippen LogP contribution >= 0.6 is 11.3 Å². The Morgan fingerprint density at radius 1 is 1.08 bits per heavy atom. The SMILES string of the molecule is Cc1sc2ncnc(N3CCC(C(=O)N4CCN(S(=O)(=O)c5cccc([N+](=O)[O-])c5)CC4)CC3)c2c1C. The highest BCUT2D eigenvalue weighted by Gasteiger charge is 2.35. The van der Waals surface area contributed by atoms with Gasteiger partial charge in [-0.3, -0.25) is 14.9 Å². The molecular weight excluding hydrogens is 516 g/mol. The quantitative estimate of drug-likeness (QED) is 0.354. The van der Waals surface area contributed by atoms with Crippen LogP contribution < -0.4 is 4.90 Å². The number of piperazine rings is 1. The smallest absolute Gasteiger partial charge is 0.270 e.